The van der Waals surface area contributed by atoms with Crippen LogP contribution < -0.4 is 14.8 Å². The largest absolute Gasteiger partial charge is 0.497 e. The van der Waals surface area contributed by atoms with E-state index in [0.29, 0.717) is 23.7 Å². The first-order chi connectivity index (χ1) is 14.6. The Hall–Kier alpha value is -1.79. The van der Waals surface area contributed by atoms with E-state index in [1.165, 1.54) is 32.1 Å². The Labute approximate surface area is 179 Å². The Morgan fingerprint density at radius 3 is 2.23 bits per heavy atom. The Bertz CT molecular complexity index is 747. The summed E-state index contributed by atoms with van der Waals surface area (Å²) < 4.78 is 10.6. The van der Waals surface area contributed by atoms with Gasteiger partial charge in [0.15, 0.2) is 0 Å². The van der Waals surface area contributed by atoms with Crippen LogP contribution in [0, 0.1) is 23.7 Å². The first-order valence-electron chi connectivity index (χ1n) is 11.6. The van der Waals surface area contributed by atoms with Gasteiger partial charge in [-0.25, -0.2) is 0 Å². The number of anilines is 1. The van der Waals surface area contributed by atoms with E-state index in [1.807, 2.05) is 12.1 Å². The van der Waals surface area contributed by atoms with E-state index in [9.17, 15) is 4.79 Å². The molecule has 4 bridgehead atoms. The number of nitrogens with one attached hydrogen (secondary N) is 1. The molecule has 0 unspecified atom stereocenters. The van der Waals surface area contributed by atoms with Gasteiger partial charge in [-0.2, -0.15) is 0 Å². The van der Waals surface area contributed by atoms with E-state index < -0.39 is 0 Å². The number of carbonyl (C=O) groups excluding carboxylic acids is 1. The van der Waals surface area contributed by atoms with Crippen LogP contribution in [-0.2, 0) is 4.79 Å². The van der Waals surface area contributed by atoms with Gasteiger partial charge in [-0.15, -0.1) is 0 Å². The molecule has 6 heteroatoms. The van der Waals surface area contributed by atoms with Crippen molar-refractivity contribution in [1.29, 1.82) is 0 Å². The third kappa shape index (κ3) is 3.92. The number of benzene rings is 1. The molecule has 6 nitrogen and oxygen atoms in total. The number of rotatable bonds is 6. The lowest BCUT2D eigenvalue weighted by molar-refractivity contribution is -0.118. The molecule has 1 amide bonds. The molecule has 30 heavy (non-hydrogen) atoms. The molecule has 164 valence electrons. The Balaban J connectivity index is 1.13. The molecule has 1 aromatic carbocycles. The minimum atomic E-state index is 0.0153. The second-order valence-corrected chi connectivity index (χ2v) is 9.85. The highest BCUT2D eigenvalue weighted by atomic mass is 16.5. The molecule has 0 atom stereocenters. The van der Waals surface area contributed by atoms with Gasteiger partial charge in [-0.1, -0.05) is 0 Å². The van der Waals surface area contributed by atoms with Crippen LogP contribution in [0.25, 0.3) is 0 Å². The van der Waals surface area contributed by atoms with Gasteiger partial charge in [0.2, 0.25) is 5.91 Å². The minimum absolute atomic E-state index is 0.0153. The molecular weight excluding hydrogens is 378 g/mol. The second-order valence-electron chi connectivity index (χ2n) is 9.85. The predicted molar refractivity (Wildman–Crippen MR) is 117 cm³/mol. The van der Waals surface area contributed by atoms with Crippen LogP contribution in [0.4, 0.5) is 5.69 Å². The van der Waals surface area contributed by atoms with E-state index in [1.54, 1.807) is 20.3 Å². The summed E-state index contributed by atoms with van der Waals surface area (Å²) >= 11 is 0. The van der Waals surface area contributed by atoms with Crippen LogP contribution >= 0.6 is 0 Å². The van der Waals surface area contributed by atoms with Crippen molar-refractivity contribution in [3.8, 4) is 11.5 Å². The third-order valence-electron chi connectivity index (χ3n) is 8.06. The molecule has 1 aliphatic heterocycles. The van der Waals surface area contributed by atoms with E-state index in [2.05, 4.69) is 15.1 Å². The number of hydrogen-bond donors (Lipinski definition) is 1. The number of methoxy groups -OCH3 is 2. The van der Waals surface area contributed by atoms with Crippen molar-refractivity contribution in [3.05, 3.63) is 18.2 Å². The maximum atomic E-state index is 12.6. The second kappa shape index (κ2) is 8.39. The number of hydrogen-bond acceptors (Lipinski definition) is 5. The maximum Gasteiger partial charge on any atom is 0.238 e. The smallest absolute Gasteiger partial charge is 0.238 e. The van der Waals surface area contributed by atoms with Gasteiger partial charge in [0, 0.05) is 38.3 Å². The summed E-state index contributed by atoms with van der Waals surface area (Å²) in [5, 5.41) is 3.00. The summed E-state index contributed by atoms with van der Waals surface area (Å²) in [6, 6.07) is 6.28. The van der Waals surface area contributed by atoms with E-state index in [0.717, 1.165) is 55.9 Å². The van der Waals surface area contributed by atoms with Gasteiger partial charge >= 0.3 is 0 Å². The quantitative estimate of drug-likeness (QED) is 0.777. The zero-order valence-electron chi connectivity index (χ0n) is 18.3. The topological polar surface area (TPSA) is 54.0 Å². The van der Waals surface area contributed by atoms with Gasteiger partial charge in [-0.05, 0) is 67.9 Å². The average Bonchev–Trinajstić information content (AvgIpc) is 2.74. The fourth-order valence-corrected chi connectivity index (χ4v) is 7.01. The monoisotopic (exact) mass is 413 g/mol. The van der Waals surface area contributed by atoms with Crippen molar-refractivity contribution in [2.75, 3.05) is 52.3 Å². The molecule has 4 aliphatic carbocycles. The Morgan fingerprint density at radius 1 is 0.967 bits per heavy atom. The number of ether oxygens (including phenoxy) is 2. The maximum absolute atomic E-state index is 12.6. The average molecular weight is 414 g/mol. The molecule has 0 radical (unpaired) electrons. The summed E-state index contributed by atoms with van der Waals surface area (Å²) in [5.41, 5.74) is 0.690. The summed E-state index contributed by atoms with van der Waals surface area (Å²) in [6.07, 6.45) is 7.42. The Morgan fingerprint density at radius 2 is 1.63 bits per heavy atom. The van der Waals surface area contributed by atoms with Gasteiger partial charge in [0.1, 0.15) is 11.5 Å². The standard InChI is InChI=1S/C24H35N3O3/c1-29-20-3-4-21(22(14-20)30-2)25-23(28)15-26-5-7-27(8-6-26)24-18-10-16-9-17(12-18)13-19(24)11-16/h3-4,14,16-19,24H,5-13,15H2,1-2H3,(H,25,28). The van der Waals surface area contributed by atoms with Crippen LogP contribution in [0.15, 0.2) is 18.2 Å². The molecule has 6 rings (SSSR count). The number of carbonyl (C=O) groups is 1. The molecular formula is C24H35N3O3. The molecule has 5 aliphatic rings. The number of piperazine rings is 1. The third-order valence-corrected chi connectivity index (χ3v) is 8.06. The fraction of sp³-hybridized carbons (Fsp3) is 0.708. The molecule has 5 fully saturated rings. The van der Waals surface area contributed by atoms with Crippen molar-refractivity contribution >= 4 is 11.6 Å². The van der Waals surface area contributed by atoms with Crippen LogP contribution in [0.1, 0.15) is 32.1 Å². The highest BCUT2D eigenvalue weighted by Gasteiger charge is 2.50. The molecule has 0 aromatic heterocycles. The van der Waals surface area contributed by atoms with E-state index in [-0.39, 0.29) is 5.91 Å². The molecule has 1 N–H and O–H groups in total. The molecule has 1 saturated heterocycles. The normalized spacial score (nSPS) is 33.5. The number of nitrogens with zero attached hydrogens (tertiary/aromatic N) is 2. The highest BCUT2D eigenvalue weighted by molar-refractivity contribution is 5.93. The van der Waals surface area contributed by atoms with Crippen molar-refractivity contribution in [2.45, 2.75) is 38.1 Å². The van der Waals surface area contributed by atoms with Crippen molar-refractivity contribution in [2.24, 2.45) is 23.7 Å². The summed E-state index contributed by atoms with van der Waals surface area (Å²) in [6.45, 7) is 4.61. The first kappa shape index (κ1) is 20.1. The zero-order valence-corrected chi connectivity index (χ0v) is 18.3. The van der Waals surface area contributed by atoms with Gasteiger partial charge in [0.25, 0.3) is 0 Å². The van der Waals surface area contributed by atoms with Crippen molar-refractivity contribution < 1.29 is 14.3 Å². The summed E-state index contributed by atoms with van der Waals surface area (Å²) in [5.74, 6) is 5.30. The summed E-state index contributed by atoms with van der Waals surface area (Å²) in [7, 11) is 3.23. The van der Waals surface area contributed by atoms with Gasteiger partial charge in [-0.3, -0.25) is 14.6 Å². The lowest BCUT2D eigenvalue weighted by atomic mass is 9.54. The SMILES string of the molecule is COc1ccc(NC(=O)CN2CCN(C3C4CC5CC(C4)CC3C5)CC2)c(OC)c1. The van der Waals surface area contributed by atoms with Gasteiger partial charge in [0.05, 0.1) is 26.5 Å². The Kier molecular flexibility index (Phi) is 5.63. The molecule has 1 aromatic rings. The van der Waals surface area contributed by atoms with Crippen LogP contribution in [-0.4, -0.2) is 68.7 Å². The molecule has 4 saturated carbocycles. The fourth-order valence-electron chi connectivity index (χ4n) is 7.01. The van der Waals surface area contributed by atoms with Crippen molar-refractivity contribution in [3.63, 3.8) is 0 Å². The summed E-state index contributed by atoms with van der Waals surface area (Å²) in [4.78, 5) is 17.7. The van der Waals surface area contributed by atoms with E-state index in [4.69, 9.17) is 9.47 Å². The predicted octanol–water partition coefficient (Wildman–Crippen LogP) is 3.08. The zero-order chi connectivity index (χ0) is 20.7. The lowest BCUT2D eigenvalue weighted by Gasteiger charge is -2.58. The van der Waals surface area contributed by atoms with Crippen molar-refractivity contribution in [1.82, 2.24) is 9.80 Å². The van der Waals surface area contributed by atoms with Crippen LogP contribution in [0.5, 0.6) is 11.5 Å². The van der Waals surface area contributed by atoms with Crippen LogP contribution in [0.3, 0.4) is 0 Å². The minimum Gasteiger partial charge on any atom is -0.497 e. The van der Waals surface area contributed by atoms with Crippen LogP contribution in [0.2, 0.25) is 0 Å². The lowest BCUT2D eigenvalue weighted by Crippen LogP contribution is -2.60. The molecule has 0 spiro atoms. The van der Waals surface area contributed by atoms with Gasteiger partial charge < -0.3 is 14.8 Å². The number of amides is 1. The molecule has 1 heterocycles. The first-order valence-corrected chi connectivity index (χ1v) is 11.6. The van der Waals surface area contributed by atoms with E-state index >= 15 is 0 Å². The highest BCUT2D eigenvalue weighted by Crippen LogP contribution is 2.55.